The third kappa shape index (κ3) is 7.82. The summed E-state index contributed by atoms with van der Waals surface area (Å²) in [6.45, 7) is 5.30. The van der Waals surface area contributed by atoms with Crippen LogP contribution in [0.5, 0.6) is 0 Å². The molecule has 0 radical (unpaired) electrons. The number of esters is 3. The van der Waals surface area contributed by atoms with E-state index in [1.165, 1.54) is 0 Å². The van der Waals surface area contributed by atoms with Crippen molar-refractivity contribution in [3.8, 4) is 0 Å². The largest absolute Gasteiger partial charge is 0.466 e. The van der Waals surface area contributed by atoms with Gasteiger partial charge >= 0.3 is 23.7 Å². The Morgan fingerprint density at radius 2 is 1.11 bits per heavy atom. The van der Waals surface area contributed by atoms with Crippen molar-refractivity contribution >= 4 is 17.9 Å². The molecular weight excluding hydrogens is 360 g/mol. The molecule has 1 atom stereocenters. The maximum atomic E-state index is 12.3. The molecular formula is C18H32O9. The first kappa shape index (κ1) is 25.3. The molecule has 0 aromatic heterocycles. The number of ether oxygens (including phenoxy) is 3. The van der Waals surface area contributed by atoms with E-state index in [2.05, 4.69) is 0 Å². The van der Waals surface area contributed by atoms with Crippen molar-refractivity contribution in [1.29, 1.82) is 0 Å². The smallest absolute Gasteiger partial charge is 0.370 e. The van der Waals surface area contributed by atoms with E-state index in [0.29, 0.717) is 32.1 Å². The molecule has 0 aliphatic rings. The summed E-state index contributed by atoms with van der Waals surface area (Å²) in [7, 11) is 0. The minimum Gasteiger partial charge on any atom is -0.466 e. The molecule has 0 aliphatic carbocycles. The van der Waals surface area contributed by atoms with Gasteiger partial charge in [-0.15, -0.1) is 0 Å². The molecule has 27 heavy (non-hydrogen) atoms. The van der Waals surface area contributed by atoms with Gasteiger partial charge in [-0.1, -0.05) is 40.0 Å². The summed E-state index contributed by atoms with van der Waals surface area (Å²) >= 11 is 0. The van der Waals surface area contributed by atoms with Crippen molar-refractivity contribution < 1.29 is 43.9 Å². The highest BCUT2D eigenvalue weighted by molar-refractivity contribution is 5.94. The van der Waals surface area contributed by atoms with Crippen LogP contribution in [-0.4, -0.2) is 64.4 Å². The van der Waals surface area contributed by atoms with Crippen LogP contribution in [0.4, 0.5) is 0 Å². The van der Waals surface area contributed by atoms with Gasteiger partial charge in [0.15, 0.2) is 0 Å². The summed E-state index contributed by atoms with van der Waals surface area (Å²) in [5.41, 5.74) is -3.26. The first-order chi connectivity index (χ1) is 12.7. The minimum atomic E-state index is -3.67. The summed E-state index contributed by atoms with van der Waals surface area (Å²) in [4.78, 5) is 36.2. The Labute approximate surface area is 159 Å². The Bertz CT molecular complexity index is 475. The van der Waals surface area contributed by atoms with Gasteiger partial charge in [-0.2, -0.15) is 0 Å². The van der Waals surface area contributed by atoms with Crippen LogP contribution in [0.15, 0.2) is 0 Å². The van der Waals surface area contributed by atoms with Gasteiger partial charge in [-0.3, -0.25) is 4.79 Å². The van der Waals surface area contributed by atoms with Gasteiger partial charge in [-0.25, -0.2) is 9.59 Å². The van der Waals surface area contributed by atoms with Gasteiger partial charge in [0, 0.05) is 0 Å². The number of hydrogen-bond donors (Lipinski definition) is 3. The summed E-state index contributed by atoms with van der Waals surface area (Å²) in [5.74, 6) is -7.91. The first-order valence-corrected chi connectivity index (χ1v) is 9.34. The molecule has 0 spiro atoms. The molecule has 0 bridgehead atoms. The highest BCUT2D eigenvalue weighted by Gasteiger charge is 2.63. The van der Waals surface area contributed by atoms with Crippen molar-refractivity contribution in [3.05, 3.63) is 0 Å². The Kier molecular flexibility index (Phi) is 11.8. The molecule has 9 heteroatoms. The second kappa shape index (κ2) is 12.6. The van der Waals surface area contributed by atoms with E-state index >= 15 is 0 Å². The molecule has 0 fully saturated rings. The average molecular weight is 392 g/mol. The van der Waals surface area contributed by atoms with E-state index in [0.717, 1.165) is 6.42 Å². The highest BCUT2D eigenvalue weighted by atomic mass is 16.6. The predicted octanol–water partition coefficient (Wildman–Crippen LogP) is 0.818. The zero-order valence-electron chi connectivity index (χ0n) is 16.4. The molecule has 0 heterocycles. The van der Waals surface area contributed by atoms with E-state index in [4.69, 9.17) is 14.2 Å². The first-order valence-electron chi connectivity index (χ1n) is 9.34. The van der Waals surface area contributed by atoms with Crippen LogP contribution in [0.1, 0.15) is 65.7 Å². The molecule has 1 unspecified atom stereocenters. The van der Waals surface area contributed by atoms with Gasteiger partial charge in [0.05, 0.1) is 26.2 Å². The molecule has 0 aromatic rings. The fraction of sp³-hybridized carbons (Fsp3) is 0.833. The van der Waals surface area contributed by atoms with Crippen LogP contribution < -0.4 is 0 Å². The molecule has 0 aromatic carbocycles. The zero-order valence-corrected chi connectivity index (χ0v) is 16.4. The van der Waals surface area contributed by atoms with Crippen molar-refractivity contribution in [1.82, 2.24) is 0 Å². The number of aliphatic hydroxyl groups is 3. The number of carbonyl (C=O) groups excluding carboxylic acids is 3. The quantitative estimate of drug-likeness (QED) is 0.170. The van der Waals surface area contributed by atoms with E-state index in [1.807, 2.05) is 20.8 Å². The van der Waals surface area contributed by atoms with Crippen LogP contribution >= 0.6 is 0 Å². The Morgan fingerprint density at radius 3 is 1.56 bits per heavy atom. The van der Waals surface area contributed by atoms with Crippen molar-refractivity contribution in [2.24, 2.45) is 0 Å². The van der Waals surface area contributed by atoms with E-state index < -0.39 is 35.7 Å². The molecule has 158 valence electrons. The molecule has 9 nitrogen and oxygen atoms in total. The van der Waals surface area contributed by atoms with Gasteiger partial charge in [0.1, 0.15) is 0 Å². The van der Waals surface area contributed by atoms with E-state index in [1.54, 1.807) is 0 Å². The highest BCUT2D eigenvalue weighted by Crippen LogP contribution is 2.28. The van der Waals surface area contributed by atoms with Gasteiger partial charge in [0.2, 0.25) is 5.60 Å². The van der Waals surface area contributed by atoms with Gasteiger partial charge in [0.25, 0.3) is 0 Å². The molecule has 0 rings (SSSR count). The molecule has 0 saturated carbocycles. The van der Waals surface area contributed by atoms with Crippen LogP contribution in [0.25, 0.3) is 0 Å². The summed E-state index contributed by atoms with van der Waals surface area (Å²) in [5, 5.41) is 30.9. The lowest BCUT2D eigenvalue weighted by Gasteiger charge is -2.34. The van der Waals surface area contributed by atoms with Crippen molar-refractivity contribution in [3.63, 3.8) is 0 Å². The van der Waals surface area contributed by atoms with Gasteiger partial charge in [-0.05, 0) is 19.3 Å². The summed E-state index contributed by atoms with van der Waals surface area (Å²) < 4.78 is 14.3. The summed E-state index contributed by atoms with van der Waals surface area (Å²) in [6.07, 6.45) is 2.36. The Balaban J connectivity index is 5.37. The maximum absolute atomic E-state index is 12.3. The lowest BCUT2D eigenvalue weighted by molar-refractivity contribution is -0.277. The molecule has 3 N–H and O–H groups in total. The van der Waals surface area contributed by atoms with E-state index in [9.17, 15) is 29.7 Å². The Hall–Kier alpha value is -1.71. The topological polar surface area (TPSA) is 140 Å². The van der Waals surface area contributed by atoms with Crippen LogP contribution in [0.3, 0.4) is 0 Å². The van der Waals surface area contributed by atoms with Crippen molar-refractivity contribution in [2.75, 3.05) is 19.8 Å². The number of rotatable bonds is 14. The SMILES string of the molecule is CCCCOC(=O)CC(O)(C(=O)OCCCC)C(O)(O)C(=O)OCCCC. The normalized spacial score (nSPS) is 13.6. The van der Waals surface area contributed by atoms with Crippen LogP contribution in [0.2, 0.25) is 0 Å². The number of hydrogen-bond acceptors (Lipinski definition) is 9. The maximum Gasteiger partial charge on any atom is 0.370 e. The average Bonchev–Trinajstić information content (AvgIpc) is 2.61. The zero-order chi connectivity index (χ0) is 20.9. The number of unbranched alkanes of at least 4 members (excludes halogenated alkanes) is 3. The molecule has 0 saturated heterocycles. The molecule has 0 amide bonds. The van der Waals surface area contributed by atoms with Crippen LogP contribution in [-0.2, 0) is 28.6 Å². The lowest BCUT2D eigenvalue weighted by atomic mass is 9.89. The third-order valence-corrected chi connectivity index (χ3v) is 3.82. The monoisotopic (exact) mass is 392 g/mol. The second-order valence-electron chi connectivity index (χ2n) is 6.26. The fourth-order valence-corrected chi connectivity index (χ4v) is 1.94. The van der Waals surface area contributed by atoms with E-state index in [-0.39, 0.29) is 19.8 Å². The second-order valence-corrected chi connectivity index (χ2v) is 6.26. The summed E-state index contributed by atoms with van der Waals surface area (Å²) in [6, 6.07) is 0. The van der Waals surface area contributed by atoms with Gasteiger partial charge < -0.3 is 29.5 Å². The third-order valence-electron chi connectivity index (χ3n) is 3.82. The van der Waals surface area contributed by atoms with Crippen molar-refractivity contribution in [2.45, 2.75) is 77.1 Å². The number of carbonyl (C=O) groups is 3. The Morgan fingerprint density at radius 1 is 0.704 bits per heavy atom. The molecule has 0 aliphatic heterocycles. The lowest BCUT2D eigenvalue weighted by Crippen LogP contribution is -2.65. The van der Waals surface area contributed by atoms with Crippen LogP contribution in [0, 0.1) is 0 Å². The fourth-order valence-electron chi connectivity index (χ4n) is 1.94. The minimum absolute atomic E-state index is 0.0289. The predicted molar refractivity (Wildman–Crippen MR) is 94.3 cm³/mol. The standard InChI is InChI=1S/C18H32O9/c1-4-7-10-25-14(19)13-17(22,15(20)26-11-8-5-2)18(23,24)16(21)27-12-9-6-3/h22-24H,4-13H2,1-3H3.